The molecule has 94 valence electrons. The van der Waals surface area contributed by atoms with Crippen molar-refractivity contribution in [2.45, 2.75) is 19.9 Å². The van der Waals surface area contributed by atoms with Gasteiger partial charge in [-0.15, -0.1) is 0 Å². The predicted octanol–water partition coefficient (Wildman–Crippen LogP) is 3.02. The Morgan fingerprint density at radius 2 is 1.56 bits per heavy atom. The number of pyridine rings is 1. The SMILES string of the molecule is Cc1cc(C(N)c2ccc(F)c(F)c2)cc(C)n1. The van der Waals surface area contributed by atoms with E-state index in [1.807, 2.05) is 26.0 Å². The van der Waals surface area contributed by atoms with E-state index in [4.69, 9.17) is 5.73 Å². The monoisotopic (exact) mass is 248 g/mol. The van der Waals surface area contributed by atoms with Gasteiger partial charge < -0.3 is 5.73 Å². The summed E-state index contributed by atoms with van der Waals surface area (Å²) in [7, 11) is 0. The number of benzene rings is 1. The summed E-state index contributed by atoms with van der Waals surface area (Å²) in [5.74, 6) is -1.75. The minimum absolute atomic E-state index is 0.486. The third-order valence-electron chi connectivity index (χ3n) is 2.77. The molecule has 2 aromatic rings. The number of hydrogen-bond donors (Lipinski definition) is 1. The molecular weight excluding hydrogens is 234 g/mol. The molecule has 1 unspecified atom stereocenters. The van der Waals surface area contributed by atoms with E-state index in [0.717, 1.165) is 29.1 Å². The number of rotatable bonds is 2. The zero-order valence-electron chi connectivity index (χ0n) is 10.2. The van der Waals surface area contributed by atoms with Gasteiger partial charge in [0.15, 0.2) is 11.6 Å². The maximum absolute atomic E-state index is 13.2. The summed E-state index contributed by atoms with van der Waals surface area (Å²) < 4.78 is 26.0. The summed E-state index contributed by atoms with van der Waals surface area (Å²) in [5.41, 5.74) is 9.14. The lowest BCUT2D eigenvalue weighted by atomic mass is 9.99. The molecular formula is C14H14F2N2. The maximum Gasteiger partial charge on any atom is 0.159 e. The van der Waals surface area contributed by atoms with Crippen LogP contribution in [-0.2, 0) is 0 Å². The molecule has 0 radical (unpaired) electrons. The molecule has 0 aliphatic carbocycles. The minimum atomic E-state index is -0.884. The van der Waals surface area contributed by atoms with Crippen molar-refractivity contribution in [2.75, 3.05) is 0 Å². The smallest absolute Gasteiger partial charge is 0.159 e. The average molecular weight is 248 g/mol. The zero-order valence-corrected chi connectivity index (χ0v) is 10.2. The lowest BCUT2D eigenvalue weighted by Gasteiger charge is -2.14. The number of nitrogens with two attached hydrogens (primary N) is 1. The number of halogens is 2. The van der Waals surface area contributed by atoms with Crippen LogP contribution in [0.25, 0.3) is 0 Å². The van der Waals surface area contributed by atoms with E-state index in [-0.39, 0.29) is 0 Å². The Morgan fingerprint density at radius 1 is 0.944 bits per heavy atom. The molecule has 1 heterocycles. The Morgan fingerprint density at radius 3 is 2.11 bits per heavy atom. The first-order chi connectivity index (χ1) is 8.47. The van der Waals surface area contributed by atoms with Crippen molar-refractivity contribution < 1.29 is 8.78 Å². The molecule has 1 aromatic carbocycles. The van der Waals surface area contributed by atoms with Crippen LogP contribution in [0.5, 0.6) is 0 Å². The van der Waals surface area contributed by atoms with Gasteiger partial charge in [-0.1, -0.05) is 6.07 Å². The standard InChI is InChI=1S/C14H14F2N2/c1-8-5-11(6-9(2)18-8)14(17)10-3-4-12(15)13(16)7-10/h3-7,14H,17H2,1-2H3. The highest BCUT2D eigenvalue weighted by Crippen LogP contribution is 2.22. The van der Waals surface area contributed by atoms with Crippen molar-refractivity contribution in [3.63, 3.8) is 0 Å². The minimum Gasteiger partial charge on any atom is -0.320 e. The molecule has 2 nitrogen and oxygen atoms in total. The molecule has 0 saturated carbocycles. The molecule has 0 aliphatic heterocycles. The molecule has 2 N–H and O–H groups in total. The molecule has 0 bridgehead atoms. The van der Waals surface area contributed by atoms with Gasteiger partial charge in [0.1, 0.15) is 0 Å². The fourth-order valence-electron chi connectivity index (χ4n) is 1.94. The number of aromatic nitrogens is 1. The Balaban J connectivity index is 2.40. The Bertz CT molecular complexity index is 562. The predicted molar refractivity (Wildman–Crippen MR) is 66.1 cm³/mol. The van der Waals surface area contributed by atoms with Crippen molar-refractivity contribution >= 4 is 0 Å². The first kappa shape index (κ1) is 12.6. The van der Waals surface area contributed by atoms with E-state index >= 15 is 0 Å². The van der Waals surface area contributed by atoms with E-state index in [2.05, 4.69) is 4.98 Å². The van der Waals surface area contributed by atoms with E-state index in [1.165, 1.54) is 6.07 Å². The molecule has 1 aromatic heterocycles. The van der Waals surface area contributed by atoms with Crippen LogP contribution in [0.15, 0.2) is 30.3 Å². The largest absolute Gasteiger partial charge is 0.320 e. The summed E-state index contributed by atoms with van der Waals surface area (Å²) >= 11 is 0. The number of nitrogens with zero attached hydrogens (tertiary/aromatic N) is 1. The Kier molecular flexibility index (Phi) is 3.39. The van der Waals surface area contributed by atoms with E-state index in [1.54, 1.807) is 0 Å². The van der Waals surface area contributed by atoms with Crippen LogP contribution >= 0.6 is 0 Å². The summed E-state index contributed by atoms with van der Waals surface area (Å²) in [6.45, 7) is 3.74. The summed E-state index contributed by atoms with van der Waals surface area (Å²) in [4.78, 5) is 4.25. The van der Waals surface area contributed by atoms with Crippen molar-refractivity contribution in [1.82, 2.24) is 4.98 Å². The Hall–Kier alpha value is -1.81. The first-order valence-corrected chi connectivity index (χ1v) is 5.63. The molecule has 4 heteroatoms. The molecule has 2 rings (SSSR count). The van der Waals surface area contributed by atoms with Gasteiger partial charge >= 0.3 is 0 Å². The maximum atomic E-state index is 13.2. The van der Waals surface area contributed by atoms with Crippen LogP contribution in [0.4, 0.5) is 8.78 Å². The highest BCUT2D eigenvalue weighted by molar-refractivity contribution is 5.33. The second-order valence-corrected chi connectivity index (χ2v) is 4.33. The molecule has 0 amide bonds. The van der Waals surface area contributed by atoms with Gasteiger partial charge in [-0.05, 0) is 49.2 Å². The fraction of sp³-hybridized carbons (Fsp3) is 0.214. The third kappa shape index (κ3) is 2.54. The number of aryl methyl sites for hydroxylation is 2. The van der Waals surface area contributed by atoms with Crippen LogP contribution in [-0.4, -0.2) is 4.98 Å². The van der Waals surface area contributed by atoms with Gasteiger partial charge in [-0.3, -0.25) is 4.98 Å². The Labute approximate surface area is 104 Å². The van der Waals surface area contributed by atoms with E-state index < -0.39 is 17.7 Å². The summed E-state index contributed by atoms with van der Waals surface area (Å²) in [6.07, 6.45) is 0. The molecule has 0 fully saturated rings. The van der Waals surface area contributed by atoms with Gasteiger partial charge in [0.25, 0.3) is 0 Å². The van der Waals surface area contributed by atoms with E-state index in [9.17, 15) is 8.78 Å². The summed E-state index contributed by atoms with van der Waals surface area (Å²) in [6, 6.07) is 6.92. The molecule has 1 atom stereocenters. The van der Waals surface area contributed by atoms with Crippen LogP contribution in [0.1, 0.15) is 28.6 Å². The number of hydrogen-bond acceptors (Lipinski definition) is 2. The highest BCUT2D eigenvalue weighted by atomic mass is 19.2. The third-order valence-corrected chi connectivity index (χ3v) is 2.77. The van der Waals surface area contributed by atoms with Crippen LogP contribution in [0.2, 0.25) is 0 Å². The van der Waals surface area contributed by atoms with Crippen molar-refractivity contribution in [3.05, 3.63) is 64.5 Å². The highest BCUT2D eigenvalue weighted by Gasteiger charge is 2.12. The molecule has 0 saturated heterocycles. The van der Waals surface area contributed by atoms with Crippen LogP contribution in [0, 0.1) is 25.5 Å². The van der Waals surface area contributed by atoms with Crippen molar-refractivity contribution in [2.24, 2.45) is 5.73 Å². The van der Waals surface area contributed by atoms with Crippen molar-refractivity contribution in [1.29, 1.82) is 0 Å². The fourth-order valence-corrected chi connectivity index (χ4v) is 1.94. The molecule has 0 spiro atoms. The second-order valence-electron chi connectivity index (χ2n) is 4.33. The molecule has 0 aliphatic rings. The van der Waals surface area contributed by atoms with Crippen LogP contribution < -0.4 is 5.73 Å². The van der Waals surface area contributed by atoms with Gasteiger partial charge in [0, 0.05) is 11.4 Å². The quantitative estimate of drug-likeness (QED) is 0.887. The van der Waals surface area contributed by atoms with Gasteiger partial charge in [0.2, 0.25) is 0 Å². The lowest BCUT2D eigenvalue weighted by Crippen LogP contribution is -2.13. The van der Waals surface area contributed by atoms with Gasteiger partial charge in [0.05, 0.1) is 6.04 Å². The average Bonchev–Trinajstić information content (AvgIpc) is 2.30. The normalized spacial score (nSPS) is 12.5. The first-order valence-electron chi connectivity index (χ1n) is 5.63. The molecule has 18 heavy (non-hydrogen) atoms. The topological polar surface area (TPSA) is 38.9 Å². The van der Waals surface area contributed by atoms with Crippen molar-refractivity contribution in [3.8, 4) is 0 Å². The lowest BCUT2D eigenvalue weighted by molar-refractivity contribution is 0.506. The van der Waals surface area contributed by atoms with Gasteiger partial charge in [-0.25, -0.2) is 8.78 Å². The summed E-state index contributed by atoms with van der Waals surface area (Å²) in [5, 5.41) is 0. The van der Waals surface area contributed by atoms with Gasteiger partial charge in [-0.2, -0.15) is 0 Å². The van der Waals surface area contributed by atoms with E-state index in [0.29, 0.717) is 5.56 Å². The van der Waals surface area contributed by atoms with Crippen LogP contribution in [0.3, 0.4) is 0 Å². The zero-order chi connectivity index (χ0) is 13.3. The second kappa shape index (κ2) is 4.82.